The maximum absolute atomic E-state index is 10.6. The normalized spacial score (nSPS) is 17.6. The largest absolute Gasteiger partial charge is 0.381 e. The smallest absolute Gasteiger partial charge is 0.319 e. The molecule has 6 heteroatoms. The van der Waals surface area contributed by atoms with Gasteiger partial charge in [-0.05, 0) is 12.8 Å². The van der Waals surface area contributed by atoms with Crippen molar-refractivity contribution >= 4 is 11.9 Å². The standard InChI is InChI=1S/C9H13N3O3/c10-9(13)11-8-5-7(12-15-8)6-1-3-14-4-2-6/h5-6H,1-4H2,(H3,10,11,13). The Bertz CT molecular complexity index is 344. The van der Waals surface area contributed by atoms with Crippen molar-refractivity contribution in [3.8, 4) is 0 Å². The molecule has 0 atom stereocenters. The molecule has 2 amide bonds. The minimum absolute atomic E-state index is 0.295. The van der Waals surface area contributed by atoms with Crippen LogP contribution in [0.3, 0.4) is 0 Å². The van der Waals surface area contributed by atoms with Crippen molar-refractivity contribution in [1.29, 1.82) is 0 Å². The number of carbonyl (C=O) groups excluding carboxylic acids is 1. The number of ether oxygens (including phenoxy) is 1. The van der Waals surface area contributed by atoms with Crippen LogP contribution < -0.4 is 11.1 Å². The lowest BCUT2D eigenvalue weighted by atomic mass is 9.97. The molecular formula is C9H13N3O3. The molecule has 0 aliphatic carbocycles. The van der Waals surface area contributed by atoms with Gasteiger partial charge in [0.1, 0.15) is 0 Å². The van der Waals surface area contributed by atoms with E-state index in [-0.39, 0.29) is 0 Å². The van der Waals surface area contributed by atoms with Gasteiger partial charge in [0.05, 0.1) is 5.69 Å². The number of carbonyl (C=O) groups is 1. The second-order valence-corrected chi connectivity index (χ2v) is 3.49. The van der Waals surface area contributed by atoms with Crippen molar-refractivity contribution in [2.24, 2.45) is 5.73 Å². The quantitative estimate of drug-likeness (QED) is 0.765. The fraction of sp³-hybridized carbons (Fsp3) is 0.556. The van der Waals surface area contributed by atoms with E-state index in [1.807, 2.05) is 0 Å². The Hall–Kier alpha value is -1.56. The van der Waals surface area contributed by atoms with Crippen LogP contribution in [0.4, 0.5) is 10.7 Å². The van der Waals surface area contributed by atoms with Crippen LogP contribution in [-0.4, -0.2) is 24.4 Å². The molecule has 1 saturated heterocycles. The Morgan fingerprint density at radius 1 is 1.53 bits per heavy atom. The predicted molar refractivity (Wildman–Crippen MR) is 52.5 cm³/mol. The van der Waals surface area contributed by atoms with Crippen LogP contribution in [0.5, 0.6) is 0 Å². The summed E-state index contributed by atoms with van der Waals surface area (Å²) in [6.45, 7) is 1.49. The van der Waals surface area contributed by atoms with Crippen molar-refractivity contribution in [3.05, 3.63) is 11.8 Å². The molecular weight excluding hydrogens is 198 g/mol. The molecule has 1 fully saturated rings. The fourth-order valence-electron chi connectivity index (χ4n) is 1.65. The minimum Gasteiger partial charge on any atom is -0.381 e. The van der Waals surface area contributed by atoms with E-state index in [2.05, 4.69) is 10.5 Å². The highest BCUT2D eigenvalue weighted by atomic mass is 16.5. The number of nitrogens with two attached hydrogens (primary N) is 1. The van der Waals surface area contributed by atoms with Crippen LogP contribution in [0.2, 0.25) is 0 Å². The molecule has 2 heterocycles. The Morgan fingerprint density at radius 3 is 2.93 bits per heavy atom. The molecule has 0 unspecified atom stereocenters. The van der Waals surface area contributed by atoms with Crippen LogP contribution in [-0.2, 0) is 4.74 Å². The van der Waals surface area contributed by atoms with Gasteiger partial charge in [0.25, 0.3) is 0 Å². The zero-order valence-corrected chi connectivity index (χ0v) is 8.23. The van der Waals surface area contributed by atoms with E-state index in [1.54, 1.807) is 6.07 Å². The number of anilines is 1. The number of urea groups is 1. The van der Waals surface area contributed by atoms with Gasteiger partial charge in [0.2, 0.25) is 5.88 Å². The number of nitrogens with zero attached hydrogens (tertiary/aromatic N) is 1. The Kier molecular flexibility index (Phi) is 2.86. The summed E-state index contributed by atoms with van der Waals surface area (Å²) >= 11 is 0. The highest BCUT2D eigenvalue weighted by Gasteiger charge is 2.19. The minimum atomic E-state index is -0.648. The van der Waals surface area contributed by atoms with Gasteiger partial charge >= 0.3 is 6.03 Å². The first-order chi connectivity index (χ1) is 7.25. The van der Waals surface area contributed by atoms with E-state index in [4.69, 9.17) is 15.0 Å². The van der Waals surface area contributed by atoms with Crippen molar-refractivity contribution in [1.82, 2.24) is 5.16 Å². The zero-order chi connectivity index (χ0) is 10.7. The van der Waals surface area contributed by atoms with Crippen molar-refractivity contribution in [3.63, 3.8) is 0 Å². The second-order valence-electron chi connectivity index (χ2n) is 3.49. The average molecular weight is 211 g/mol. The molecule has 0 spiro atoms. The summed E-state index contributed by atoms with van der Waals surface area (Å²) in [4.78, 5) is 10.6. The lowest BCUT2D eigenvalue weighted by molar-refractivity contribution is 0.0838. The molecule has 0 radical (unpaired) electrons. The predicted octanol–water partition coefficient (Wildman–Crippen LogP) is 1.06. The van der Waals surface area contributed by atoms with Crippen LogP contribution in [0.15, 0.2) is 10.6 Å². The van der Waals surface area contributed by atoms with Crippen LogP contribution in [0.25, 0.3) is 0 Å². The maximum atomic E-state index is 10.6. The van der Waals surface area contributed by atoms with E-state index in [0.717, 1.165) is 31.7 Å². The van der Waals surface area contributed by atoms with Gasteiger partial charge in [-0.3, -0.25) is 5.32 Å². The third kappa shape index (κ3) is 2.47. The van der Waals surface area contributed by atoms with Crippen LogP contribution >= 0.6 is 0 Å². The number of rotatable bonds is 2. The third-order valence-corrected chi connectivity index (χ3v) is 2.41. The van der Waals surface area contributed by atoms with Gasteiger partial charge in [-0.2, -0.15) is 0 Å². The van der Waals surface area contributed by atoms with Crippen LogP contribution in [0.1, 0.15) is 24.5 Å². The SMILES string of the molecule is NC(=O)Nc1cc(C2CCOCC2)no1. The molecule has 3 N–H and O–H groups in total. The number of nitrogens with one attached hydrogen (secondary N) is 1. The summed E-state index contributed by atoms with van der Waals surface area (Å²) in [6, 6.07) is 1.06. The molecule has 0 aromatic carbocycles. The molecule has 6 nitrogen and oxygen atoms in total. The van der Waals surface area contributed by atoms with E-state index in [9.17, 15) is 4.79 Å². The van der Waals surface area contributed by atoms with Crippen molar-refractivity contribution in [2.75, 3.05) is 18.5 Å². The van der Waals surface area contributed by atoms with Gasteiger partial charge in [-0.25, -0.2) is 4.79 Å². The van der Waals surface area contributed by atoms with Gasteiger partial charge in [-0.1, -0.05) is 5.16 Å². The van der Waals surface area contributed by atoms with Gasteiger partial charge in [0.15, 0.2) is 0 Å². The Balaban J connectivity index is 2.02. The highest BCUT2D eigenvalue weighted by molar-refractivity contribution is 5.86. The van der Waals surface area contributed by atoms with Gasteiger partial charge in [-0.15, -0.1) is 0 Å². The summed E-state index contributed by atoms with van der Waals surface area (Å²) in [5.74, 6) is 0.648. The summed E-state index contributed by atoms with van der Waals surface area (Å²) in [7, 11) is 0. The molecule has 0 bridgehead atoms. The summed E-state index contributed by atoms with van der Waals surface area (Å²) in [5.41, 5.74) is 5.80. The number of hydrogen-bond donors (Lipinski definition) is 2. The molecule has 82 valence electrons. The lowest BCUT2D eigenvalue weighted by Gasteiger charge is -2.19. The first-order valence-electron chi connectivity index (χ1n) is 4.86. The molecule has 15 heavy (non-hydrogen) atoms. The molecule has 1 aromatic rings. The van der Waals surface area contributed by atoms with Crippen molar-refractivity contribution in [2.45, 2.75) is 18.8 Å². The number of aromatic nitrogens is 1. The summed E-state index contributed by atoms with van der Waals surface area (Å²) in [5, 5.41) is 6.23. The van der Waals surface area contributed by atoms with E-state index < -0.39 is 6.03 Å². The summed E-state index contributed by atoms with van der Waals surface area (Å²) in [6.07, 6.45) is 1.87. The van der Waals surface area contributed by atoms with E-state index in [1.165, 1.54) is 0 Å². The molecule has 2 rings (SSSR count). The number of primary amides is 1. The van der Waals surface area contributed by atoms with Gasteiger partial charge in [0, 0.05) is 25.2 Å². The fourth-order valence-corrected chi connectivity index (χ4v) is 1.65. The van der Waals surface area contributed by atoms with E-state index >= 15 is 0 Å². The monoisotopic (exact) mass is 211 g/mol. The molecule has 1 aliphatic heterocycles. The Labute approximate surface area is 86.7 Å². The topological polar surface area (TPSA) is 90.4 Å². The second kappa shape index (κ2) is 4.31. The maximum Gasteiger partial charge on any atom is 0.319 e. The molecule has 1 aromatic heterocycles. The summed E-state index contributed by atoms with van der Waals surface area (Å²) < 4.78 is 10.2. The van der Waals surface area contributed by atoms with Crippen LogP contribution in [0, 0.1) is 0 Å². The lowest BCUT2D eigenvalue weighted by Crippen LogP contribution is -2.18. The number of hydrogen-bond acceptors (Lipinski definition) is 4. The first-order valence-corrected chi connectivity index (χ1v) is 4.86. The molecule has 1 aliphatic rings. The van der Waals surface area contributed by atoms with Gasteiger partial charge < -0.3 is 15.0 Å². The molecule has 0 saturated carbocycles. The Morgan fingerprint density at radius 2 is 2.27 bits per heavy atom. The third-order valence-electron chi connectivity index (χ3n) is 2.41. The van der Waals surface area contributed by atoms with E-state index in [0.29, 0.717) is 11.8 Å². The average Bonchev–Trinajstić information content (AvgIpc) is 2.67. The number of amides is 2. The first kappa shape index (κ1) is 9.97. The highest BCUT2D eigenvalue weighted by Crippen LogP contribution is 2.27. The van der Waals surface area contributed by atoms with Crippen molar-refractivity contribution < 1.29 is 14.1 Å². The zero-order valence-electron chi connectivity index (χ0n) is 8.23.